The third kappa shape index (κ3) is 1.76. The van der Waals surface area contributed by atoms with E-state index >= 15 is 0 Å². The highest BCUT2D eigenvalue weighted by Crippen LogP contribution is 2.33. The number of hydrogen-bond acceptors (Lipinski definition) is 1. The Morgan fingerprint density at radius 3 is 2.73 bits per heavy atom. The van der Waals surface area contributed by atoms with Gasteiger partial charge in [-0.25, -0.2) is 8.78 Å². The van der Waals surface area contributed by atoms with Crippen molar-refractivity contribution in [2.75, 3.05) is 0 Å². The van der Waals surface area contributed by atoms with Crippen LogP contribution in [0.5, 0.6) is 0 Å². The first-order valence-electron chi connectivity index (χ1n) is 5.26. The molecule has 1 aromatic rings. The molecule has 0 unspecified atom stereocenters. The normalized spacial score (nSPS) is 20.9. The number of benzene rings is 1. The fourth-order valence-corrected chi connectivity index (χ4v) is 2.28. The summed E-state index contributed by atoms with van der Waals surface area (Å²) in [5.74, 6) is -1.08. The second-order valence-electron chi connectivity index (χ2n) is 4.12. The minimum Gasteiger partial charge on any atom is -0.388 e. The van der Waals surface area contributed by atoms with E-state index in [9.17, 15) is 13.9 Å². The highest BCUT2D eigenvalue weighted by Gasteiger charge is 2.23. The molecule has 1 nitrogen and oxygen atoms in total. The van der Waals surface area contributed by atoms with Gasteiger partial charge in [-0.2, -0.15) is 0 Å². The molecule has 1 aromatic carbocycles. The van der Waals surface area contributed by atoms with Crippen molar-refractivity contribution in [1.82, 2.24) is 0 Å². The summed E-state index contributed by atoms with van der Waals surface area (Å²) in [6.45, 7) is 1.60. The summed E-state index contributed by atoms with van der Waals surface area (Å²) in [6, 6.07) is 0.923. The van der Waals surface area contributed by atoms with E-state index in [1.54, 1.807) is 6.92 Å². The lowest BCUT2D eigenvalue weighted by Gasteiger charge is -2.16. The lowest BCUT2D eigenvalue weighted by atomic mass is 9.95. The van der Waals surface area contributed by atoms with E-state index in [-0.39, 0.29) is 0 Å². The topological polar surface area (TPSA) is 20.2 Å². The lowest BCUT2D eigenvalue weighted by molar-refractivity contribution is 0.165. The van der Waals surface area contributed by atoms with Gasteiger partial charge in [-0.15, -0.1) is 0 Å². The van der Waals surface area contributed by atoms with Crippen molar-refractivity contribution in [1.29, 1.82) is 0 Å². The monoisotopic (exact) mass is 212 g/mol. The van der Waals surface area contributed by atoms with Crippen LogP contribution in [-0.2, 0) is 6.42 Å². The molecule has 0 amide bonds. The zero-order valence-corrected chi connectivity index (χ0v) is 8.69. The Morgan fingerprint density at radius 2 is 2.00 bits per heavy atom. The first kappa shape index (κ1) is 10.6. The predicted molar refractivity (Wildman–Crippen MR) is 53.6 cm³/mol. The quantitative estimate of drug-likeness (QED) is 0.655. The van der Waals surface area contributed by atoms with Crippen molar-refractivity contribution < 1.29 is 13.9 Å². The summed E-state index contributed by atoms with van der Waals surface area (Å²) in [5.41, 5.74) is 1.37. The Kier molecular flexibility index (Phi) is 2.74. The molecular weight excluding hydrogens is 198 g/mol. The average molecular weight is 212 g/mol. The summed E-state index contributed by atoms with van der Waals surface area (Å²) in [7, 11) is 0. The van der Waals surface area contributed by atoms with Gasteiger partial charge in [0.15, 0.2) is 0 Å². The number of rotatable bonds is 0. The van der Waals surface area contributed by atoms with Crippen molar-refractivity contribution in [3.8, 4) is 0 Å². The Bertz CT molecular complexity index is 388. The minimum atomic E-state index is -0.715. The van der Waals surface area contributed by atoms with Crippen molar-refractivity contribution in [2.45, 2.75) is 38.7 Å². The molecule has 0 aliphatic heterocycles. The predicted octanol–water partition coefficient (Wildman–Crippen LogP) is 3.03. The smallest absolute Gasteiger partial charge is 0.129 e. The van der Waals surface area contributed by atoms with E-state index < -0.39 is 17.7 Å². The molecule has 82 valence electrons. The number of aliphatic hydroxyl groups is 1. The van der Waals surface area contributed by atoms with Crippen LogP contribution in [0.15, 0.2) is 6.07 Å². The Labute approximate surface area is 87.7 Å². The molecule has 1 aliphatic rings. The summed E-state index contributed by atoms with van der Waals surface area (Å²) < 4.78 is 26.8. The molecule has 1 N–H and O–H groups in total. The van der Waals surface area contributed by atoms with Crippen LogP contribution in [0, 0.1) is 18.6 Å². The van der Waals surface area contributed by atoms with E-state index in [4.69, 9.17) is 0 Å². The third-order valence-electron chi connectivity index (χ3n) is 3.12. The summed E-state index contributed by atoms with van der Waals surface area (Å²) in [6.07, 6.45) is 2.19. The van der Waals surface area contributed by atoms with Gasteiger partial charge in [-0.05, 0) is 42.9 Å². The molecular formula is C12H14F2O. The zero-order chi connectivity index (χ0) is 11.0. The fourth-order valence-electron chi connectivity index (χ4n) is 2.28. The van der Waals surface area contributed by atoms with E-state index in [1.807, 2.05) is 0 Å². The Morgan fingerprint density at radius 1 is 1.27 bits per heavy atom. The third-order valence-corrected chi connectivity index (χ3v) is 3.12. The largest absolute Gasteiger partial charge is 0.388 e. The van der Waals surface area contributed by atoms with E-state index in [0.717, 1.165) is 18.9 Å². The highest BCUT2D eigenvalue weighted by molar-refractivity contribution is 5.39. The van der Waals surface area contributed by atoms with E-state index in [2.05, 4.69) is 0 Å². The van der Waals surface area contributed by atoms with Crippen molar-refractivity contribution in [3.05, 3.63) is 34.4 Å². The second kappa shape index (κ2) is 3.89. The van der Waals surface area contributed by atoms with Crippen molar-refractivity contribution >= 4 is 0 Å². The molecule has 0 spiro atoms. The van der Waals surface area contributed by atoms with Crippen LogP contribution in [0.2, 0.25) is 0 Å². The van der Waals surface area contributed by atoms with Crippen molar-refractivity contribution in [2.24, 2.45) is 0 Å². The van der Waals surface area contributed by atoms with Gasteiger partial charge < -0.3 is 5.11 Å². The van der Waals surface area contributed by atoms with Gasteiger partial charge in [-0.3, -0.25) is 0 Å². The van der Waals surface area contributed by atoms with Gasteiger partial charge in [0, 0.05) is 6.07 Å². The molecule has 1 atom stereocenters. The summed E-state index contributed by atoms with van der Waals surface area (Å²) >= 11 is 0. The van der Waals surface area contributed by atoms with Crippen LogP contribution in [0.3, 0.4) is 0 Å². The van der Waals surface area contributed by atoms with Crippen LogP contribution in [0.1, 0.15) is 42.1 Å². The number of halogens is 2. The van der Waals surface area contributed by atoms with Gasteiger partial charge in [-0.1, -0.05) is 6.42 Å². The molecule has 0 aromatic heterocycles. The second-order valence-corrected chi connectivity index (χ2v) is 4.12. The highest BCUT2D eigenvalue weighted by atomic mass is 19.1. The number of aliphatic hydroxyl groups excluding tert-OH is 1. The van der Waals surface area contributed by atoms with Crippen LogP contribution in [0.4, 0.5) is 8.78 Å². The maximum atomic E-state index is 13.5. The molecule has 0 radical (unpaired) electrons. The van der Waals surface area contributed by atoms with Gasteiger partial charge >= 0.3 is 0 Å². The molecule has 0 saturated carbocycles. The first-order chi connectivity index (χ1) is 7.11. The lowest BCUT2D eigenvalue weighted by Crippen LogP contribution is -2.06. The molecule has 15 heavy (non-hydrogen) atoms. The maximum absolute atomic E-state index is 13.5. The summed E-state index contributed by atoms with van der Waals surface area (Å²) in [4.78, 5) is 0. The van der Waals surface area contributed by atoms with Gasteiger partial charge in [0.05, 0.1) is 6.10 Å². The Hall–Kier alpha value is -0.960. The zero-order valence-electron chi connectivity index (χ0n) is 8.69. The molecule has 0 fully saturated rings. The summed E-state index contributed by atoms with van der Waals surface area (Å²) in [5, 5.41) is 9.84. The van der Waals surface area contributed by atoms with Crippen molar-refractivity contribution in [3.63, 3.8) is 0 Å². The maximum Gasteiger partial charge on any atom is 0.129 e. The molecule has 0 heterocycles. The Balaban J connectivity index is 2.63. The molecule has 3 heteroatoms. The van der Waals surface area contributed by atoms with Crippen LogP contribution < -0.4 is 0 Å². The number of fused-ring (bicyclic) bond motifs is 1. The standard InChI is InChI=1S/C12H14F2O/c1-7-9(13)6-10(14)8-4-2-3-5-11(15)12(7)8/h6,11,15H,2-5H2,1H3/t11-/m0/s1. The molecule has 1 aliphatic carbocycles. The van der Waals surface area contributed by atoms with Gasteiger partial charge in [0.2, 0.25) is 0 Å². The fraction of sp³-hybridized carbons (Fsp3) is 0.500. The van der Waals surface area contributed by atoms with Crippen LogP contribution >= 0.6 is 0 Å². The van der Waals surface area contributed by atoms with Crippen LogP contribution in [-0.4, -0.2) is 5.11 Å². The number of hydrogen-bond donors (Lipinski definition) is 1. The first-order valence-corrected chi connectivity index (χ1v) is 5.26. The van der Waals surface area contributed by atoms with E-state index in [1.165, 1.54) is 0 Å². The van der Waals surface area contributed by atoms with Crippen LogP contribution in [0.25, 0.3) is 0 Å². The minimum absolute atomic E-state index is 0.390. The van der Waals surface area contributed by atoms with Gasteiger partial charge in [0.1, 0.15) is 11.6 Å². The molecule has 0 bridgehead atoms. The average Bonchev–Trinajstić information content (AvgIpc) is 2.37. The SMILES string of the molecule is Cc1c(F)cc(F)c2c1[C@@H](O)CCCC2. The molecule has 0 saturated heterocycles. The van der Waals surface area contributed by atoms with E-state index in [0.29, 0.717) is 29.5 Å². The van der Waals surface area contributed by atoms with Gasteiger partial charge in [0.25, 0.3) is 0 Å². The molecule has 2 rings (SSSR count).